The second kappa shape index (κ2) is 8.64. The average Bonchev–Trinajstić information content (AvgIpc) is 3.07. The fourth-order valence-electron chi connectivity index (χ4n) is 2.78. The van der Waals surface area contributed by atoms with Crippen molar-refractivity contribution in [3.05, 3.63) is 29.8 Å². The number of sulfonamides is 1. The van der Waals surface area contributed by atoms with Gasteiger partial charge >= 0.3 is 5.97 Å². The number of carbonyl (C=O) groups excluding carboxylic acids is 2. The molecule has 1 aromatic carbocycles. The first-order valence-corrected chi connectivity index (χ1v) is 10.3. The molecule has 7 nitrogen and oxygen atoms in total. The molecule has 0 radical (unpaired) electrons. The monoisotopic (exact) mass is 382 g/mol. The molecule has 1 aliphatic rings. The number of aryl methyl sites for hydroxylation is 1. The maximum atomic E-state index is 12.3. The summed E-state index contributed by atoms with van der Waals surface area (Å²) >= 11 is 0. The highest BCUT2D eigenvalue weighted by molar-refractivity contribution is 7.89. The van der Waals surface area contributed by atoms with E-state index in [9.17, 15) is 18.0 Å². The maximum absolute atomic E-state index is 12.3. The maximum Gasteiger partial charge on any atom is 0.324 e. The number of esters is 1. The second-order valence-electron chi connectivity index (χ2n) is 6.73. The quantitative estimate of drug-likeness (QED) is 0.698. The van der Waals surface area contributed by atoms with E-state index in [0.29, 0.717) is 0 Å². The van der Waals surface area contributed by atoms with Crippen molar-refractivity contribution in [3.8, 4) is 0 Å². The van der Waals surface area contributed by atoms with Crippen molar-refractivity contribution in [2.75, 3.05) is 0 Å². The van der Waals surface area contributed by atoms with Crippen LogP contribution in [-0.4, -0.2) is 38.5 Å². The second-order valence-corrected chi connectivity index (χ2v) is 8.44. The van der Waals surface area contributed by atoms with Gasteiger partial charge in [0, 0.05) is 6.04 Å². The van der Waals surface area contributed by atoms with Gasteiger partial charge in [-0.15, -0.1) is 0 Å². The molecule has 144 valence electrons. The van der Waals surface area contributed by atoms with Crippen LogP contribution in [-0.2, 0) is 24.3 Å². The van der Waals surface area contributed by atoms with Crippen molar-refractivity contribution < 1.29 is 22.7 Å². The molecule has 0 bridgehead atoms. The molecular formula is C18H26N2O5S. The average molecular weight is 382 g/mol. The van der Waals surface area contributed by atoms with Crippen molar-refractivity contribution in [3.63, 3.8) is 0 Å². The van der Waals surface area contributed by atoms with Gasteiger partial charge in [-0.25, -0.2) is 8.42 Å². The molecule has 0 heterocycles. The number of hydrogen-bond acceptors (Lipinski definition) is 5. The Bertz CT molecular complexity index is 739. The Labute approximate surface area is 154 Å². The third-order valence-corrected chi connectivity index (χ3v) is 5.94. The van der Waals surface area contributed by atoms with E-state index in [1.165, 1.54) is 26.0 Å². The van der Waals surface area contributed by atoms with Gasteiger partial charge in [-0.1, -0.05) is 30.5 Å². The van der Waals surface area contributed by atoms with Crippen LogP contribution in [0.1, 0.15) is 45.1 Å². The summed E-state index contributed by atoms with van der Waals surface area (Å²) in [7, 11) is -3.85. The van der Waals surface area contributed by atoms with Gasteiger partial charge in [0.25, 0.3) is 5.91 Å². The summed E-state index contributed by atoms with van der Waals surface area (Å²) in [5, 5.41) is 2.85. The van der Waals surface area contributed by atoms with Gasteiger partial charge in [-0.3, -0.25) is 9.59 Å². The van der Waals surface area contributed by atoms with Gasteiger partial charge < -0.3 is 10.1 Å². The zero-order chi connectivity index (χ0) is 19.3. The van der Waals surface area contributed by atoms with Crippen LogP contribution in [0, 0.1) is 6.92 Å². The minimum Gasteiger partial charge on any atom is -0.451 e. The SMILES string of the molecule is Cc1ccc(S(=O)(=O)NC(C)C(=O)OC(C)C(=O)NC2CCCC2)cc1. The van der Waals surface area contributed by atoms with Crippen molar-refractivity contribution in [1.82, 2.24) is 10.0 Å². The zero-order valence-corrected chi connectivity index (χ0v) is 16.1. The standard InChI is InChI=1S/C18H26N2O5S/c1-12-8-10-16(11-9-12)26(23,24)20-13(2)18(22)25-14(3)17(21)19-15-6-4-5-7-15/h8-11,13-15,20H,4-7H2,1-3H3,(H,19,21). The van der Waals surface area contributed by atoms with Crippen LogP contribution in [0.5, 0.6) is 0 Å². The number of benzene rings is 1. The molecule has 1 aliphatic carbocycles. The first-order valence-electron chi connectivity index (χ1n) is 8.79. The fourth-order valence-corrected chi connectivity index (χ4v) is 3.98. The van der Waals surface area contributed by atoms with E-state index in [0.717, 1.165) is 31.2 Å². The number of amides is 1. The lowest BCUT2D eigenvalue weighted by atomic mass is 10.2. The lowest BCUT2D eigenvalue weighted by Gasteiger charge is -2.19. The van der Waals surface area contributed by atoms with Crippen molar-refractivity contribution in [2.45, 2.75) is 69.5 Å². The molecule has 2 N–H and O–H groups in total. The number of nitrogens with one attached hydrogen (secondary N) is 2. The highest BCUT2D eigenvalue weighted by Crippen LogP contribution is 2.18. The first-order chi connectivity index (χ1) is 12.2. The van der Waals surface area contributed by atoms with E-state index in [1.54, 1.807) is 12.1 Å². The normalized spacial score (nSPS) is 17.5. The lowest BCUT2D eigenvalue weighted by Crippen LogP contribution is -2.45. The molecule has 2 atom stereocenters. The van der Waals surface area contributed by atoms with Gasteiger partial charge in [0.1, 0.15) is 6.04 Å². The molecule has 0 saturated heterocycles. The van der Waals surface area contributed by atoms with Gasteiger partial charge in [0.15, 0.2) is 6.10 Å². The van der Waals surface area contributed by atoms with Crippen LogP contribution in [0.3, 0.4) is 0 Å². The van der Waals surface area contributed by atoms with E-state index in [-0.39, 0.29) is 16.8 Å². The molecular weight excluding hydrogens is 356 g/mol. The number of hydrogen-bond donors (Lipinski definition) is 2. The minimum atomic E-state index is -3.85. The van der Waals surface area contributed by atoms with Crippen LogP contribution in [0.15, 0.2) is 29.2 Å². The predicted molar refractivity (Wildman–Crippen MR) is 96.9 cm³/mol. The molecule has 1 saturated carbocycles. The summed E-state index contributed by atoms with van der Waals surface area (Å²) in [6, 6.07) is 5.30. The number of ether oxygens (including phenoxy) is 1. The largest absolute Gasteiger partial charge is 0.451 e. The Hall–Kier alpha value is -1.93. The molecule has 8 heteroatoms. The van der Waals surface area contributed by atoms with Crippen LogP contribution >= 0.6 is 0 Å². The van der Waals surface area contributed by atoms with Gasteiger partial charge in [-0.2, -0.15) is 4.72 Å². The first kappa shape index (κ1) is 20.4. The minimum absolute atomic E-state index is 0.0646. The smallest absolute Gasteiger partial charge is 0.324 e. The van der Waals surface area contributed by atoms with Gasteiger partial charge in [0.05, 0.1) is 4.90 Å². The van der Waals surface area contributed by atoms with Crippen molar-refractivity contribution in [1.29, 1.82) is 0 Å². The highest BCUT2D eigenvalue weighted by atomic mass is 32.2. The predicted octanol–water partition coefficient (Wildman–Crippen LogP) is 1.65. The summed E-state index contributed by atoms with van der Waals surface area (Å²) < 4.78 is 32.0. The van der Waals surface area contributed by atoms with E-state index in [2.05, 4.69) is 10.0 Å². The molecule has 2 rings (SSSR count). The topological polar surface area (TPSA) is 102 Å². The third-order valence-electron chi connectivity index (χ3n) is 4.38. The van der Waals surface area contributed by atoms with Gasteiger partial charge in [-0.05, 0) is 45.7 Å². The van der Waals surface area contributed by atoms with E-state index in [4.69, 9.17) is 4.74 Å². The van der Waals surface area contributed by atoms with E-state index in [1.807, 2.05) is 6.92 Å². The van der Waals surface area contributed by atoms with Crippen molar-refractivity contribution >= 4 is 21.9 Å². The summed E-state index contributed by atoms with van der Waals surface area (Å²) in [5.74, 6) is -1.16. The van der Waals surface area contributed by atoms with Gasteiger partial charge in [0.2, 0.25) is 10.0 Å². The number of carbonyl (C=O) groups is 2. The summed E-state index contributed by atoms with van der Waals surface area (Å²) in [5.41, 5.74) is 0.929. The Morgan fingerprint density at radius 1 is 1.12 bits per heavy atom. The van der Waals surface area contributed by atoms with Crippen LogP contribution in [0.25, 0.3) is 0 Å². The highest BCUT2D eigenvalue weighted by Gasteiger charge is 2.27. The summed E-state index contributed by atoms with van der Waals surface area (Å²) in [4.78, 5) is 24.3. The zero-order valence-electron chi connectivity index (χ0n) is 15.3. The molecule has 1 fully saturated rings. The Morgan fingerprint density at radius 2 is 1.69 bits per heavy atom. The van der Waals surface area contributed by atoms with E-state index >= 15 is 0 Å². The third kappa shape index (κ3) is 5.54. The molecule has 0 spiro atoms. The van der Waals surface area contributed by atoms with E-state index < -0.39 is 28.1 Å². The Morgan fingerprint density at radius 3 is 2.27 bits per heavy atom. The molecule has 0 aliphatic heterocycles. The molecule has 0 aromatic heterocycles. The molecule has 1 amide bonds. The van der Waals surface area contributed by atoms with Crippen molar-refractivity contribution in [2.24, 2.45) is 0 Å². The molecule has 1 aromatic rings. The van der Waals surface area contributed by atoms with Crippen LogP contribution in [0.4, 0.5) is 0 Å². The summed E-state index contributed by atoms with van der Waals surface area (Å²) in [6.45, 7) is 4.71. The molecule has 26 heavy (non-hydrogen) atoms. The Balaban J connectivity index is 1.89. The summed E-state index contributed by atoms with van der Waals surface area (Å²) in [6.07, 6.45) is 3.04. The van der Waals surface area contributed by atoms with Crippen LogP contribution in [0.2, 0.25) is 0 Å². The molecule has 2 unspecified atom stereocenters. The van der Waals surface area contributed by atoms with Crippen LogP contribution < -0.4 is 10.0 Å². The fraction of sp³-hybridized carbons (Fsp3) is 0.556. The lowest BCUT2D eigenvalue weighted by molar-refractivity contribution is -0.156. The number of rotatable bonds is 7. The Kier molecular flexibility index (Phi) is 6.77.